The van der Waals surface area contributed by atoms with Crippen LogP contribution >= 0.6 is 11.3 Å². The summed E-state index contributed by atoms with van der Waals surface area (Å²) in [5.74, 6) is -0.992. The van der Waals surface area contributed by atoms with Crippen LogP contribution in [-0.2, 0) is 9.53 Å². The van der Waals surface area contributed by atoms with Crippen LogP contribution in [0.15, 0.2) is 94.5 Å². The maximum absolute atomic E-state index is 13.8. The zero-order valence-corrected chi connectivity index (χ0v) is 19.5. The number of aromatic nitrogens is 2. The van der Waals surface area contributed by atoms with E-state index < -0.39 is 17.8 Å². The summed E-state index contributed by atoms with van der Waals surface area (Å²) in [7, 11) is 0. The third-order valence-electron chi connectivity index (χ3n) is 5.54. The molecule has 1 atom stereocenters. The average Bonchev–Trinajstić information content (AvgIpc) is 3.19. The highest BCUT2D eigenvalue weighted by atomic mass is 32.1. The van der Waals surface area contributed by atoms with Gasteiger partial charge in [-0.25, -0.2) is 14.2 Å². The fraction of sp³-hybridized carbons (Fsp3) is 0.111. The summed E-state index contributed by atoms with van der Waals surface area (Å²) < 4.78 is 21.1. The summed E-state index contributed by atoms with van der Waals surface area (Å²) in [4.78, 5) is 36.3. The molecule has 5 rings (SSSR count). The highest BCUT2D eigenvalue weighted by molar-refractivity contribution is 7.07. The molecule has 8 heteroatoms. The van der Waals surface area contributed by atoms with Gasteiger partial charge in [0.15, 0.2) is 4.80 Å². The Bertz CT molecular complexity index is 1590. The summed E-state index contributed by atoms with van der Waals surface area (Å²) in [5.41, 5.74) is 2.40. The first-order valence-electron chi connectivity index (χ1n) is 11.0. The molecule has 0 saturated carbocycles. The number of halogens is 1. The SMILES string of the molecule is CCOC(=O)C1=C(c2ccccc2)N=c2s/c(=C\c3cccnc3)c(=O)n2[C@@H]1c1ccc(F)cc1. The molecule has 0 unspecified atom stereocenters. The van der Waals surface area contributed by atoms with Crippen molar-refractivity contribution < 1.29 is 13.9 Å². The van der Waals surface area contributed by atoms with Crippen LogP contribution in [0, 0.1) is 5.82 Å². The molecule has 174 valence electrons. The zero-order valence-electron chi connectivity index (χ0n) is 18.7. The lowest BCUT2D eigenvalue weighted by molar-refractivity contribution is -0.138. The molecule has 0 saturated heterocycles. The second-order valence-corrected chi connectivity index (χ2v) is 8.78. The highest BCUT2D eigenvalue weighted by Gasteiger charge is 2.35. The molecule has 2 aromatic carbocycles. The number of pyridine rings is 1. The molecule has 1 aliphatic heterocycles. The van der Waals surface area contributed by atoms with Crippen molar-refractivity contribution in [2.75, 3.05) is 6.61 Å². The fourth-order valence-electron chi connectivity index (χ4n) is 4.01. The number of benzene rings is 2. The minimum absolute atomic E-state index is 0.159. The largest absolute Gasteiger partial charge is 0.463 e. The summed E-state index contributed by atoms with van der Waals surface area (Å²) in [5, 5.41) is 0. The predicted octanol–water partition coefficient (Wildman–Crippen LogP) is 3.47. The van der Waals surface area contributed by atoms with Gasteiger partial charge in [0.25, 0.3) is 5.56 Å². The number of thiazole rings is 1. The molecule has 0 fully saturated rings. The minimum Gasteiger partial charge on any atom is -0.463 e. The molecule has 4 aromatic rings. The minimum atomic E-state index is -0.836. The molecular weight excluding hydrogens is 465 g/mol. The number of fused-ring (bicyclic) bond motifs is 1. The highest BCUT2D eigenvalue weighted by Crippen LogP contribution is 2.35. The van der Waals surface area contributed by atoms with Crippen LogP contribution in [0.5, 0.6) is 0 Å². The maximum Gasteiger partial charge on any atom is 0.338 e. The van der Waals surface area contributed by atoms with E-state index in [1.54, 1.807) is 43.6 Å². The molecule has 0 aliphatic carbocycles. The molecule has 1 aliphatic rings. The molecule has 6 nitrogen and oxygen atoms in total. The zero-order chi connectivity index (χ0) is 24.4. The first-order valence-corrected chi connectivity index (χ1v) is 11.8. The van der Waals surface area contributed by atoms with Crippen molar-refractivity contribution in [1.29, 1.82) is 0 Å². The topological polar surface area (TPSA) is 73.6 Å². The summed E-state index contributed by atoms with van der Waals surface area (Å²) in [6, 6.07) is 17.9. The molecule has 3 heterocycles. The number of esters is 1. The van der Waals surface area contributed by atoms with Crippen molar-refractivity contribution in [1.82, 2.24) is 9.55 Å². The van der Waals surface area contributed by atoms with Gasteiger partial charge in [-0.3, -0.25) is 14.3 Å². The summed E-state index contributed by atoms with van der Waals surface area (Å²) in [6.07, 6.45) is 5.06. The number of carbonyl (C=O) groups excluding carboxylic acids is 1. The van der Waals surface area contributed by atoms with Gasteiger partial charge in [0.1, 0.15) is 5.82 Å². The lowest BCUT2D eigenvalue weighted by atomic mass is 9.93. The number of hydrogen-bond donors (Lipinski definition) is 0. The summed E-state index contributed by atoms with van der Waals surface area (Å²) >= 11 is 1.22. The molecular formula is C27H20FN3O3S. The van der Waals surface area contributed by atoms with Crippen LogP contribution in [-0.4, -0.2) is 22.1 Å². The van der Waals surface area contributed by atoms with Crippen LogP contribution in [0.3, 0.4) is 0 Å². The van der Waals surface area contributed by atoms with Gasteiger partial charge in [-0.15, -0.1) is 0 Å². The monoisotopic (exact) mass is 485 g/mol. The molecule has 2 aromatic heterocycles. The number of carbonyl (C=O) groups is 1. The standard InChI is InChI=1S/C27H20FN3O3S/c1-2-34-26(33)22-23(18-8-4-3-5-9-18)30-27-31(24(22)19-10-12-20(28)13-11-19)25(32)21(35-27)15-17-7-6-14-29-16-17/h3-16,24H,2H2,1H3/b21-15-/t24-/m1/s1. The van der Waals surface area contributed by atoms with Gasteiger partial charge in [0.2, 0.25) is 0 Å². The fourth-order valence-corrected chi connectivity index (χ4v) is 5.01. The molecule has 0 bridgehead atoms. The van der Waals surface area contributed by atoms with E-state index in [4.69, 9.17) is 9.73 Å². The molecule has 0 radical (unpaired) electrons. The van der Waals surface area contributed by atoms with Crippen LogP contribution in [0.4, 0.5) is 4.39 Å². The molecule has 35 heavy (non-hydrogen) atoms. The van der Waals surface area contributed by atoms with E-state index >= 15 is 0 Å². The van der Waals surface area contributed by atoms with Crippen LogP contribution in [0.1, 0.15) is 29.7 Å². The van der Waals surface area contributed by atoms with Crippen molar-refractivity contribution in [3.63, 3.8) is 0 Å². The van der Waals surface area contributed by atoms with Crippen LogP contribution < -0.4 is 14.9 Å². The Kier molecular flexibility index (Phi) is 6.20. The van der Waals surface area contributed by atoms with Crippen molar-refractivity contribution in [2.45, 2.75) is 13.0 Å². The second-order valence-electron chi connectivity index (χ2n) is 7.77. The van der Waals surface area contributed by atoms with Crippen molar-refractivity contribution in [3.05, 3.63) is 127 Å². The molecule has 0 amide bonds. The maximum atomic E-state index is 13.8. The van der Waals surface area contributed by atoms with Crippen molar-refractivity contribution in [3.8, 4) is 0 Å². The second kappa shape index (κ2) is 9.60. The van der Waals surface area contributed by atoms with E-state index in [0.29, 0.717) is 26.2 Å². The third kappa shape index (κ3) is 4.36. The molecule has 0 spiro atoms. The Morgan fingerprint density at radius 3 is 2.57 bits per heavy atom. The van der Waals surface area contributed by atoms with E-state index in [1.807, 2.05) is 36.4 Å². The van der Waals surface area contributed by atoms with Crippen molar-refractivity contribution >= 4 is 29.1 Å². The van der Waals surface area contributed by atoms with E-state index in [-0.39, 0.29) is 17.7 Å². The third-order valence-corrected chi connectivity index (χ3v) is 6.52. The van der Waals surface area contributed by atoms with Gasteiger partial charge >= 0.3 is 5.97 Å². The first kappa shape index (κ1) is 22.6. The summed E-state index contributed by atoms with van der Waals surface area (Å²) in [6.45, 7) is 1.88. The van der Waals surface area contributed by atoms with Gasteiger partial charge in [-0.2, -0.15) is 0 Å². The van der Waals surface area contributed by atoms with Crippen LogP contribution in [0.2, 0.25) is 0 Å². The smallest absolute Gasteiger partial charge is 0.338 e. The Morgan fingerprint density at radius 2 is 1.89 bits per heavy atom. The quantitative estimate of drug-likeness (QED) is 0.406. The van der Waals surface area contributed by atoms with Gasteiger partial charge in [-0.05, 0) is 42.3 Å². The first-order chi connectivity index (χ1) is 17.1. The Labute approximate surface area is 204 Å². The number of nitrogens with zero attached hydrogens (tertiary/aromatic N) is 3. The lowest BCUT2D eigenvalue weighted by Gasteiger charge is -2.25. The van der Waals surface area contributed by atoms with Gasteiger partial charge in [0, 0.05) is 18.0 Å². The van der Waals surface area contributed by atoms with Gasteiger partial charge in [0.05, 0.1) is 28.5 Å². The van der Waals surface area contributed by atoms with Gasteiger partial charge in [-0.1, -0.05) is 59.9 Å². The van der Waals surface area contributed by atoms with E-state index in [0.717, 1.165) is 5.56 Å². The predicted molar refractivity (Wildman–Crippen MR) is 132 cm³/mol. The number of ether oxygens (including phenoxy) is 1. The Hall–Kier alpha value is -4.17. The normalized spacial score (nSPS) is 15.5. The Balaban J connectivity index is 1.84. The number of rotatable bonds is 5. The van der Waals surface area contributed by atoms with Crippen molar-refractivity contribution in [2.24, 2.45) is 4.99 Å². The molecule has 0 N–H and O–H groups in total. The Morgan fingerprint density at radius 1 is 1.11 bits per heavy atom. The van der Waals surface area contributed by atoms with E-state index in [1.165, 1.54) is 28.0 Å². The van der Waals surface area contributed by atoms with E-state index in [2.05, 4.69) is 4.98 Å². The van der Waals surface area contributed by atoms with Crippen LogP contribution in [0.25, 0.3) is 11.8 Å². The van der Waals surface area contributed by atoms with Gasteiger partial charge < -0.3 is 4.74 Å². The number of hydrogen-bond acceptors (Lipinski definition) is 6. The lowest BCUT2D eigenvalue weighted by Crippen LogP contribution is -2.40. The van der Waals surface area contributed by atoms with E-state index in [9.17, 15) is 14.0 Å². The average molecular weight is 486 g/mol.